The monoisotopic (exact) mass is 238 g/mol. The molecule has 0 fully saturated rings. The van der Waals surface area contributed by atoms with Crippen LogP contribution in [0.2, 0.25) is 0 Å². The molecule has 0 saturated carbocycles. The van der Waals surface area contributed by atoms with Gasteiger partial charge in [-0.2, -0.15) is 0 Å². The van der Waals surface area contributed by atoms with E-state index in [1.54, 1.807) is 0 Å². The van der Waals surface area contributed by atoms with Crippen LogP contribution >= 0.6 is 0 Å². The van der Waals surface area contributed by atoms with Crippen molar-refractivity contribution in [2.45, 2.75) is 58.7 Å². The summed E-state index contributed by atoms with van der Waals surface area (Å²) in [6.45, 7) is 8.52. The highest BCUT2D eigenvalue weighted by Gasteiger charge is 2.28. The fourth-order valence-electron chi connectivity index (χ4n) is 2.11. The van der Waals surface area contributed by atoms with Crippen molar-refractivity contribution in [2.24, 2.45) is 5.73 Å². The van der Waals surface area contributed by atoms with E-state index in [1.807, 2.05) is 13.0 Å². The zero-order valence-electron chi connectivity index (χ0n) is 11.7. The van der Waals surface area contributed by atoms with Gasteiger partial charge in [0.15, 0.2) is 0 Å². The number of likely N-dealkylation sites (N-methyl/N-ethyl adjacent to an activating group) is 1. The van der Waals surface area contributed by atoms with E-state index < -0.39 is 0 Å². The number of nitrogens with two attached hydrogens (primary N) is 1. The Kier molecular flexibility index (Phi) is 5.22. The molecule has 0 bridgehead atoms. The molecule has 0 radical (unpaired) electrons. The molecule has 17 heavy (non-hydrogen) atoms. The summed E-state index contributed by atoms with van der Waals surface area (Å²) in [4.78, 5) is 2.33. The average Bonchev–Trinajstić information content (AvgIpc) is 2.74. The molecule has 98 valence electrons. The second kappa shape index (κ2) is 6.22. The molecule has 3 atom stereocenters. The van der Waals surface area contributed by atoms with Gasteiger partial charge in [-0.15, -0.1) is 0 Å². The van der Waals surface area contributed by atoms with Crippen molar-refractivity contribution in [3.8, 4) is 0 Å². The van der Waals surface area contributed by atoms with Gasteiger partial charge in [0.05, 0.1) is 6.04 Å². The number of nitrogens with zero attached hydrogens (tertiary/aromatic N) is 1. The van der Waals surface area contributed by atoms with Crippen molar-refractivity contribution in [1.29, 1.82) is 0 Å². The van der Waals surface area contributed by atoms with Gasteiger partial charge < -0.3 is 10.2 Å². The first-order valence-electron chi connectivity index (χ1n) is 6.55. The maximum absolute atomic E-state index is 6.25. The number of rotatable bonds is 6. The smallest absolute Gasteiger partial charge is 0.122 e. The normalized spacial score (nSPS) is 17.1. The van der Waals surface area contributed by atoms with Gasteiger partial charge in [-0.3, -0.25) is 4.90 Å². The van der Waals surface area contributed by atoms with Gasteiger partial charge in [-0.1, -0.05) is 13.8 Å². The Labute approximate surface area is 105 Å². The van der Waals surface area contributed by atoms with E-state index in [0.717, 1.165) is 24.4 Å². The highest BCUT2D eigenvalue weighted by Crippen LogP contribution is 2.27. The van der Waals surface area contributed by atoms with Crippen molar-refractivity contribution in [1.82, 2.24) is 4.90 Å². The van der Waals surface area contributed by atoms with Gasteiger partial charge in [-0.25, -0.2) is 0 Å². The first-order chi connectivity index (χ1) is 8.01. The van der Waals surface area contributed by atoms with Gasteiger partial charge in [0.1, 0.15) is 11.5 Å². The Morgan fingerprint density at radius 3 is 2.35 bits per heavy atom. The fraction of sp³-hybridized carbons (Fsp3) is 0.714. The minimum Gasteiger partial charge on any atom is -0.465 e. The van der Waals surface area contributed by atoms with Crippen LogP contribution in [0.1, 0.15) is 51.2 Å². The van der Waals surface area contributed by atoms with Crippen LogP contribution in [0.25, 0.3) is 0 Å². The zero-order chi connectivity index (χ0) is 13.0. The SMILES string of the molecule is CCC(N)C(c1ccc(C)o1)N(C)C(C)CC. The van der Waals surface area contributed by atoms with Gasteiger partial charge in [0, 0.05) is 12.1 Å². The van der Waals surface area contributed by atoms with E-state index in [1.165, 1.54) is 0 Å². The summed E-state index contributed by atoms with van der Waals surface area (Å²) in [7, 11) is 2.13. The predicted molar refractivity (Wildman–Crippen MR) is 72.0 cm³/mol. The molecule has 1 rings (SSSR count). The van der Waals surface area contributed by atoms with Crippen molar-refractivity contribution in [2.75, 3.05) is 7.05 Å². The Balaban J connectivity index is 2.95. The number of hydrogen-bond acceptors (Lipinski definition) is 3. The molecule has 0 aliphatic rings. The molecule has 2 N–H and O–H groups in total. The van der Waals surface area contributed by atoms with Crippen molar-refractivity contribution < 1.29 is 4.42 Å². The molecule has 0 saturated heterocycles. The summed E-state index contributed by atoms with van der Waals surface area (Å²) in [6, 6.07) is 4.84. The van der Waals surface area contributed by atoms with Crippen LogP contribution in [0.3, 0.4) is 0 Å². The van der Waals surface area contributed by atoms with Gasteiger partial charge in [0.2, 0.25) is 0 Å². The highest BCUT2D eigenvalue weighted by molar-refractivity contribution is 5.12. The van der Waals surface area contributed by atoms with Crippen molar-refractivity contribution >= 4 is 0 Å². The van der Waals surface area contributed by atoms with Crippen LogP contribution in [-0.2, 0) is 0 Å². The third-order valence-corrected chi connectivity index (χ3v) is 3.65. The zero-order valence-corrected chi connectivity index (χ0v) is 11.7. The molecule has 1 aromatic rings. The van der Waals surface area contributed by atoms with Crippen LogP contribution in [0.15, 0.2) is 16.5 Å². The first-order valence-corrected chi connectivity index (χ1v) is 6.55. The minimum atomic E-state index is 0.111. The lowest BCUT2D eigenvalue weighted by molar-refractivity contribution is 0.134. The summed E-state index contributed by atoms with van der Waals surface area (Å²) in [6.07, 6.45) is 2.06. The molecule has 1 heterocycles. The molecule has 0 aliphatic heterocycles. The molecular weight excluding hydrogens is 212 g/mol. The van der Waals surface area contributed by atoms with Crippen molar-refractivity contribution in [3.63, 3.8) is 0 Å². The van der Waals surface area contributed by atoms with Gasteiger partial charge in [-0.05, 0) is 45.9 Å². The van der Waals surface area contributed by atoms with E-state index >= 15 is 0 Å². The van der Waals surface area contributed by atoms with E-state index in [9.17, 15) is 0 Å². The molecule has 3 heteroatoms. The lowest BCUT2D eigenvalue weighted by Crippen LogP contribution is -2.42. The van der Waals surface area contributed by atoms with Crippen LogP contribution in [0.4, 0.5) is 0 Å². The quantitative estimate of drug-likeness (QED) is 0.828. The molecule has 0 aliphatic carbocycles. The first kappa shape index (κ1) is 14.3. The number of aryl methyl sites for hydroxylation is 1. The molecule has 1 aromatic heterocycles. The van der Waals surface area contributed by atoms with E-state index in [2.05, 4.69) is 38.8 Å². The topological polar surface area (TPSA) is 42.4 Å². The summed E-state index contributed by atoms with van der Waals surface area (Å²) in [5.74, 6) is 1.94. The van der Waals surface area contributed by atoms with E-state index in [0.29, 0.717) is 6.04 Å². The predicted octanol–water partition coefficient (Wildman–Crippen LogP) is 3.10. The lowest BCUT2D eigenvalue weighted by Gasteiger charge is -2.34. The standard InChI is InChI=1S/C14H26N2O/c1-6-10(3)16(5)14(12(15)7-2)13-9-8-11(4)17-13/h8-10,12,14H,6-7,15H2,1-5H3. The summed E-state index contributed by atoms with van der Waals surface area (Å²) < 4.78 is 5.76. The Morgan fingerprint density at radius 1 is 1.29 bits per heavy atom. The number of furan rings is 1. The molecule has 3 nitrogen and oxygen atoms in total. The largest absolute Gasteiger partial charge is 0.465 e. The Morgan fingerprint density at radius 2 is 1.94 bits per heavy atom. The van der Waals surface area contributed by atoms with E-state index in [-0.39, 0.29) is 12.1 Å². The van der Waals surface area contributed by atoms with Crippen LogP contribution in [0, 0.1) is 6.92 Å². The lowest BCUT2D eigenvalue weighted by atomic mass is 10.0. The maximum atomic E-state index is 6.25. The van der Waals surface area contributed by atoms with Crippen LogP contribution < -0.4 is 5.73 Å². The second-order valence-corrected chi connectivity index (χ2v) is 4.89. The summed E-state index contributed by atoms with van der Waals surface area (Å²) in [5, 5.41) is 0. The fourth-order valence-corrected chi connectivity index (χ4v) is 2.11. The molecule has 3 unspecified atom stereocenters. The van der Waals surface area contributed by atoms with Crippen molar-refractivity contribution in [3.05, 3.63) is 23.7 Å². The third-order valence-electron chi connectivity index (χ3n) is 3.65. The maximum Gasteiger partial charge on any atom is 0.122 e. The van der Waals surface area contributed by atoms with Gasteiger partial charge in [0.25, 0.3) is 0 Å². The van der Waals surface area contributed by atoms with Crippen LogP contribution in [0.5, 0.6) is 0 Å². The third kappa shape index (κ3) is 3.33. The van der Waals surface area contributed by atoms with Gasteiger partial charge >= 0.3 is 0 Å². The Bertz CT molecular complexity index is 335. The average molecular weight is 238 g/mol. The Hall–Kier alpha value is -0.800. The molecule has 0 aromatic carbocycles. The molecule has 0 spiro atoms. The number of hydrogen-bond donors (Lipinski definition) is 1. The summed E-state index contributed by atoms with van der Waals surface area (Å²) in [5.41, 5.74) is 6.25. The highest BCUT2D eigenvalue weighted by atomic mass is 16.3. The minimum absolute atomic E-state index is 0.111. The molecular formula is C14H26N2O. The molecule has 0 amide bonds. The van der Waals surface area contributed by atoms with E-state index in [4.69, 9.17) is 10.2 Å². The van der Waals surface area contributed by atoms with Crippen LogP contribution in [-0.4, -0.2) is 24.0 Å². The summed E-state index contributed by atoms with van der Waals surface area (Å²) >= 11 is 0. The second-order valence-electron chi connectivity index (χ2n) is 4.89.